The van der Waals surface area contributed by atoms with Crippen LogP contribution < -0.4 is 0 Å². The van der Waals surface area contributed by atoms with E-state index < -0.39 is 30.4 Å². The van der Waals surface area contributed by atoms with Crippen LogP contribution in [0, 0.1) is 0 Å². The third-order valence-corrected chi connectivity index (χ3v) is 3.50. The fraction of sp³-hybridized carbons (Fsp3) is 0.312. The van der Waals surface area contributed by atoms with E-state index >= 15 is 0 Å². The van der Waals surface area contributed by atoms with Crippen LogP contribution in [-0.4, -0.2) is 53.3 Å². The van der Waals surface area contributed by atoms with Gasteiger partial charge in [0.2, 0.25) is 5.91 Å². The van der Waals surface area contributed by atoms with Gasteiger partial charge in [0.05, 0.1) is 11.1 Å². The van der Waals surface area contributed by atoms with Crippen LogP contribution in [0.3, 0.4) is 0 Å². The number of carbonyl (C=O) groups excluding carboxylic acids is 3. The smallest absolute Gasteiger partial charge is 0.330 e. The Hall–Kier alpha value is -2.64. The molecule has 0 spiro atoms. The summed E-state index contributed by atoms with van der Waals surface area (Å²) in [5, 5.41) is 0. The molecule has 1 aliphatic heterocycles. The third-order valence-electron chi connectivity index (χ3n) is 3.50. The van der Waals surface area contributed by atoms with Crippen LogP contribution in [0.5, 0.6) is 0 Å². The number of benzene rings is 1. The summed E-state index contributed by atoms with van der Waals surface area (Å²) < 4.78 is 37.5. The van der Waals surface area contributed by atoms with Crippen molar-refractivity contribution in [2.24, 2.45) is 0 Å². The molecule has 0 atom stereocenters. The lowest BCUT2D eigenvalue weighted by molar-refractivity contribution is -0.160. The van der Waals surface area contributed by atoms with E-state index in [1.807, 2.05) is 0 Å². The number of carbonyl (C=O) groups is 3. The summed E-state index contributed by atoms with van der Waals surface area (Å²) in [6.45, 7) is 1.39. The summed E-state index contributed by atoms with van der Waals surface area (Å²) in [5.41, 5.74) is 0.460. The zero-order valence-corrected chi connectivity index (χ0v) is 12.7. The second kappa shape index (κ2) is 6.86. The van der Waals surface area contributed by atoms with E-state index in [9.17, 15) is 27.6 Å². The Labute approximate surface area is 136 Å². The van der Waals surface area contributed by atoms with Gasteiger partial charge in [0.1, 0.15) is 6.54 Å². The normalized spacial score (nSPS) is 13.9. The van der Waals surface area contributed by atoms with E-state index in [2.05, 4.69) is 6.58 Å². The minimum absolute atomic E-state index is 0.230. The maximum atomic E-state index is 12.5. The zero-order valence-electron chi connectivity index (χ0n) is 12.7. The van der Waals surface area contributed by atoms with Crippen LogP contribution in [-0.2, 0) is 4.79 Å². The van der Waals surface area contributed by atoms with Gasteiger partial charge in [0.25, 0.3) is 11.8 Å². The number of halogens is 3. The Balaban J connectivity index is 2.02. The van der Waals surface area contributed by atoms with E-state index in [1.54, 1.807) is 12.1 Å². The average molecular weight is 340 g/mol. The van der Waals surface area contributed by atoms with Gasteiger partial charge in [-0.2, -0.15) is 13.2 Å². The largest absolute Gasteiger partial charge is 0.406 e. The lowest BCUT2D eigenvalue weighted by Gasteiger charge is -2.23. The van der Waals surface area contributed by atoms with Crippen molar-refractivity contribution < 1.29 is 27.6 Å². The van der Waals surface area contributed by atoms with Crippen LogP contribution in [0.15, 0.2) is 36.9 Å². The number of imide groups is 1. The molecule has 1 aliphatic rings. The number of hydrogen-bond donors (Lipinski definition) is 0. The van der Waals surface area contributed by atoms with Crippen molar-refractivity contribution in [1.82, 2.24) is 9.80 Å². The molecule has 5 nitrogen and oxygen atoms in total. The van der Waals surface area contributed by atoms with Crippen LogP contribution >= 0.6 is 0 Å². The van der Waals surface area contributed by atoms with Crippen LogP contribution in [0.2, 0.25) is 0 Å². The van der Waals surface area contributed by atoms with Gasteiger partial charge in [-0.15, -0.1) is 6.58 Å². The Bertz CT molecular complexity index is 650. The molecule has 0 bridgehead atoms. The highest BCUT2D eigenvalue weighted by molar-refractivity contribution is 6.21. The van der Waals surface area contributed by atoms with E-state index in [4.69, 9.17) is 0 Å². The molecule has 0 saturated carbocycles. The topological polar surface area (TPSA) is 57.7 Å². The SMILES string of the molecule is C=CCN(CC(F)(F)F)C(=O)CCN1C(=O)c2ccccc2C1=O. The number of amides is 3. The van der Waals surface area contributed by atoms with Gasteiger partial charge >= 0.3 is 6.18 Å². The van der Waals surface area contributed by atoms with Gasteiger partial charge in [0, 0.05) is 19.5 Å². The number of rotatable bonds is 6. The Morgan fingerprint density at radius 2 is 1.71 bits per heavy atom. The molecule has 24 heavy (non-hydrogen) atoms. The van der Waals surface area contributed by atoms with Gasteiger partial charge in [0.15, 0.2) is 0 Å². The maximum Gasteiger partial charge on any atom is 0.406 e. The van der Waals surface area contributed by atoms with Gasteiger partial charge in [-0.05, 0) is 12.1 Å². The molecule has 0 saturated heterocycles. The molecule has 1 aromatic rings. The average Bonchev–Trinajstić information content (AvgIpc) is 2.75. The van der Waals surface area contributed by atoms with Crippen molar-refractivity contribution >= 4 is 17.7 Å². The fourth-order valence-corrected chi connectivity index (χ4v) is 2.43. The molecule has 0 N–H and O–H groups in total. The number of hydrogen-bond acceptors (Lipinski definition) is 3. The van der Waals surface area contributed by atoms with Crippen molar-refractivity contribution in [3.05, 3.63) is 48.0 Å². The molecule has 0 aromatic heterocycles. The molecule has 1 aromatic carbocycles. The molecular formula is C16H15F3N2O3. The second-order valence-corrected chi connectivity index (χ2v) is 5.24. The van der Waals surface area contributed by atoms with Gasteiger partial charge in [-0.3, -0.25) is 19.3 Å². The Morgan fingerprint density at radius 1 is 1.17 bits per heavy atom. The highest BCUT2D eigenvalue weighted by Gasteiger charge is 2.36. The standard InChI is InChI=1S/C16H15F3N2O3/c1-2-8-20(10-16(17,18)19)13(22)7-9-21-14(23)11-5-3-4-6-12(11)15(21)24/h2-6H,1,7-10H2. The van der Waals surface area contributed by atoms with Crippen LogP contribution in [0.4, 0.5) is 13.2 Å². The molecule has 3 amide bonds. The Morgan fingerprint density at radius 3 is 2.17 bits per heavy atom. The quantitative estimate of drug-likeness (QED) is 0.590. The predicted molar refractivity (Wildman–Crippen MR) is 79.3 cm³/mol. The molecule has 0 unspecified atom stereocenters. The second-order valence-electron chi connectivity index (χ2n) is 5.24. The summed E-state index contributed by atoms with van der Waals surface area (Å²) in [4.78, 5) is 37.7. The first-order valence-electron chi connectivity index (χ1n) is 7.15. The summed E-state index contributed by atoms with van der Waals surface area (Å²) in [6, 6.07) is 6.19. The molecule has 2 rings (SSSR count). The lowest BCUT2D eigenvalue weighted by atomic mass is 10.1. The molecule has 0 radical (unpaired) electrons. The predicted octanol–water partition coefficient (Wildman–Crippen LogP) is 2.25. The summed E-state index contributed by atoms with van der Waals surface area (Å²) >= 11 is 0. The fourth-order valence-electron chi connectivity index (χ4n) is 2.43. The Kier molecular flexibility index (Phi) is 5.06. The van der Waals surface area contributed by atoms with E-state index in [0.29, 0.717) is 4.90 Å². The van der Waals surface area contributed by atoms with Crippen molar-refractivity contribution in [2.75, 3.05) is 19.6 Å². The van der Waals surface area contributed by atoms with Crippen molar-refractivity contribution in [2.45, 2.75) is 12.6 Å². The molecule has 0 fully saturated rings. The first-order chi connectivity index (χ1) is 11.2. The summed E-state index contributed by atoms with van der Waals surface area (Å²) in [7, 11) is 0. The van der Waals surface area contributed by atoms with Crippen molar-refractivity contribution in [1.29, 1.82) is 0 Å². The minimum Gasteiger partial charge on any atom is -0.330 e. The lowest BCUT2D eigenvalue weighted by Crippen LogP contribution is -2.41. The van der Waals surface area contributed by atoms with Crippen LogP contribution in [0.1, 0.15) is 27.1 Å². The van der Waals surface area contributed by atoms with E-state index in [-0.39, 0.29) is 30.6 Å². The molecule has 0 aliphatic carbocycles. The van der Waals surface area contributed by atoms with Gasteiger partial charge in [-0.25, -0.2) is 0 Å². The molecular weight excluding hydrogens is 325 g/mol. The van der Waals surface area contributed by atoms with Gasteiger partial charge in [-0.1, -0.05) is 18.2 Å². The highest BCUT2D eigenvalue weighted by Crippen LogP contribution is 2.23. The van der Waals surface area contributed by atoms with Gasteiger partial charge < -0.3 is 4.90 Å². The highest BCUT2D eigenvalue weighted by atomic mass is 19.4. The summed E-state index contributed by atoms with van der Waals surface area (Å²) in [5.74, 6) is -1.90. The third kappa shape index (κ3) is 3.81. The van der Waals surface area contributed by atoms with Crippen molar-refractivity contribution in [3.8, 4) is 0 Å². The molecule has 8 heteroatoms. The molecule has 128 valence electrons. The number of alkyl halides is 3. The van der Waals surface area contributed by atoms with E-state index in [0.717, 1.165) is 4.90 Å². The maximum absolute atomic E-state index is 12.5. The number of fused-ring (bicyclic) bond motifs is 1. The van der Waals surface area contributed by atoms with E-state index in [1.165, 1.54) is 18.2 Å². The minimum atomic E-state index is -4.53. The first kappa shape index (κ1) is 17.7. The number of nitrogens with zero attached hydrogens (tertiary/aromatic N) is 2. The van der Waals surface area contributed by atoms with Crippen molar-refractivity contribution in [3.63, 3.8) is 0 Å². The zero-order chi connectivity index (χ0) is 17.9. The first-order valence-corrected chi connectivity index (χ1v) is 7.15. The molecule has 1 heterocycles. The summed E-state index contributed by atoms with van der Waals surface area (Å²) in [6.07, 6.45) is -3.73. The monoisotopic (exact) mass is 340 g/mol. The van der Waals surface area contributed by atoms with Crippen LogP contribution in [0.25, 0.3) is 0 Å².